The summed E-state index contributed by atoms with van der Waals surface area (Å²) in [4.78, 5) is 5.31. The zero-order chi connectivity index (χ0) is 28.1. The number of rotatable bonds is 31. The van der Waals surface area contributed by atoms with E-state index in [0.717, 1.165) is 0 Å². The van der Waals surface area contributed by atoms with Crippen LogP contribution in [0.2, 0.25) is 0 Å². The second-order valence-electron chi connectivity index (χ2n) is 12.9. The lowest BCUT2D eigenvalue weighted by molar-refractivity contribution is 0.137. The Bertz CT molecular complexity index is 502. The molecule has 1 heterocycles. The van der Waals surface area contributed by atoms with Gasteiger partial charge in [-0.3, -0.25) is 0 Å². The van der Waals surface area contributed by atoms with Crippen molar-refractivity contribution in [1.29, 1.82) is 0 Å². The molecule has 0 radical (unpaired) electrons. The van der Waals surface area contributed by atoms with Crippen molar-refractivity contribution in [2.24, 2.45) is 0 Å². The molecule has 0 aromatic carbocycles. The predicted molar refractivity (Wildman–Crippen MR) is 177 cm³/mol. The van der Waals surface area contributed by atoms with E-state index in [1.807, 2.05) is 0 Å². The minimum atomic E-state index is 0.639. The first-order chi connectivity index (χ1) is 19.3. The van der Waals surface area contributed by atoms with Gasteiger partial charge in [0, 0.05) is 25.5 Å². The average Bonchev–Trinajstić information content (AvgIpc) is 3.32. The normalized spacial score (nSPS) is 15.2. The first-order valence-corrected chi connectivity index (χ1v) is 18.5. The summed E-state index contributed by atoms with van der Waals surface area (Å²) in [7, 11) is 0. The van der Waals surface area contributed by atoms with Gasteiger partial charge in [0.25, 0.3) is 0 Å². The Kier molecular flexibility index (Phi) is 26.9. The van der Waals surface area contributed by atoms with Crippen LogP contribution in [0.1, 0.15) is 207 Å². The fourth-order valence-corrected chi connectivity index (χ4v) is 6.43. The highest BCUT2D eigenvalue weighted by Gasteiger charge is 2.24. The van der Waals surface area contributed by atoms with Crippen molar-refractivity contribution >= 4 is 0 Å². The summed E-state index contributed by atoms with van der Waals surface area (Å²) in [5.74, 6) is 0. The molecule has 0 spiro atoms. The lowest BCUT2D eigenvalue weighted by atomic mass is 10.0. The van der Waals surface area contributed by atoms with Crippen molar-refractivity contribution in [1.82, 2.24) is 9.80 Å². The van der Waals surface area contributed by atoms with Gasteiger partial charge in [-0.25, -0.2) is 0 Å². The molecule has 1 aliphatic rings. The molecule has 39 heavy (non-hydrogen) atoms. The van der Waals surface area contributed by atoms with Crippen molar-refractivity contribution in [3.05, 3.63) is 12.4 Å². The van der Waals surface area contributed by atoms with Gasteiger partial charge in [-0.15, -0.1) is 0 Å². The van der Waals surface area contributed by atoms with Gasteiger partial charge < -0.3 is 9.80 Å². The van der Waals surface area contributed by atoms with E-state index in [4.69, 9.17) is 0 Å². The van der Waals surface area contributed by atoms with Crippen LogP contribution < -0.4 is 0 Å². The smallest absolute Gasteiger partial charge is 0.101 e. The Labute approximate surface area is 248 Å². The highest BCUT2D eigenvalue weighted by Crippen LogP contribution is 2.23. The van der Waals surface area contributed by atoms with Crippen molar-refractivity contribution < 1.29 is 0 Å². The summed E-state index contributed by atoms with van der Waals surface area (Å²) in [5, 5.41) is 0. The van der Waals surface area contributed by atoms with Crippen molar-refractivity contribution in [2.45, 2.75) is 213 Å². The highest BCUT2D eigenvalue weighted by molar-refractivity contribution is 4.96. The van der Waals surface area contributed by atoms with E-state index < -0.39 is 0 Å². The lowest BCUT2D eigenvalue weighted by Crippen LogP contribution is -2.39. The van der Waals surface area contributed by atoms with E-state index >= 15 is 0 Å². The summed E-state index contributed by atoms with van der Waals surface area (Å²) in [5.41, 5.74) is 0. The van der Waals surface area contributed by atoms with Gasteiger partial charge in [-0.05, 0) is 25.7 Å². The SMILES string of the molecule is CCCCCCCCCCCCCCCCN1C=CN(CCC)C1CCCCCCCCCCCCCCC. The molecule has 1 unspecified atom stereocenters. The molecule has 1 rings (SSSR count). The molecule has 0 N–H and O–H groups in total. The number of unbranched alkanes of at least 4 members (excludes halogenated alkanes) is 25. The minimum Gasteiger partial charge on any atom is -0.356 e. The maximum Gasteiger partial charge on any atom is 0.101 e. The van der Waals surface area contributed by atoms with Gasteiger partial charge in [-0.1, -0.05) is 181 Å². The second-order valence-corrected chi connectivity index (χ2v) is 12.9. The van der Waals surface area contributed by atoms with E-state index in [9.17, 15) is 0 Å². The Balaban J connectivity index is 2.00. The Morgan fingerprint density at radius 1 is 0.333 bits per heavy atom. The summed E-state index contributed by atoms with van der Waals surface area (Å²) in [6.45, 7) is 9.42. The fourth-order valence-electron chi connectivity index (χ4n) is 6.43. The third-order valence-electron chi connectivity index (χ3n) is 9.03. The molecule has 0 fully saturated rings. The quantitative estimate of drug-likeness (QED) is 0.0798. The first kappa shape index (κ1) is 36.4. The summed E-state index contributed by atoms with van der Waals surface area (Å²) in [6, 6.07) is 0. The molecule has 1 aliphatic heterocycles. The summed E-state index contributed by atoms with van der Waals surface area (Å²) < 4.78 is 0. The maximum atomic E-state index is 2.68. The van der Waals surface area contributed by atoms with Crippen LogP contribution in [0, 0.1) is 0 Å². The molecule has 0 bridgehead atoms. The molecule has 0 saturated carbocycles. The minimum absolute atomic E-state index is 0.639. The first-order valence-electron chi connectivity index (χ1n) is 18.5. The number of hydrogen-bond acceptors (Lipinski definition) is 2. The van der Waals surface area contributed by atoms with Crippen LogP contribution in [0.5, 0.6) is 0 Å². The van der Waals surface area contributed by atoms with E-state index in [2.05, 4.69) is 43.0 Å². The predicted octanol–water partition coefficient (Wildman–Crippen LogP) is 12.8. The van der Waals surface area contributed by atoms with E-state index in [-0.39, 0.29) is 0 Å². The molecular formula is C37H74N2. The van der Waals surface area contributed by atoms with Crippen LogP contribution in [0.3, 0.4) is 0 Å². The third kappa shape index (κ3) is 21.7. The van der Waals surface area contributed by atoms with Gasteiger partial charge >= 0.3 is 0 Å². The lowest BCUT2D eigenvalue weighted by Gasteiger charge is -2.33. The van der Waals surface area contributed by atoms with Crippen molar-refractivity contribution in [3.63, 3.8) is 0 Å². The molecule has 232 valence electrons. The Morgan fingerprint density at radius 2 is 0.641 bits per heavy atom. The van der Waals surface area contributed by atoms with Gasteiger partial charge in [0.05, 0.1) is 0 Å². The Hall–Kier alpha value is -0.660. The van der Waals surface area contributed by atoms with Crippen LogP contribution in [0.25, 0.3) is 0 Å². The molecule has 0 amide bonds. The van der Waals surface area contributed by atoms with Crippen LogP contribution in [0.15, 0.2) is 12.4 Å². The van der Waals surface area contributed by atoms with Gasteiger partial charge in [0.15, 0.2) is 0 Å². The molecule has 2 heteroatoms. The van der Waals surface area contributed by atoms with E-state index in [1.165, 1.54) is 199 Å². The zero-order valence-electron chi connectivity index (χ0n) is 27.5. The largest absolute Gasteiger partial charge is 0.356 e. The zero-order valence-corrected chi connectivity index (χ0v) is 27.5. The summed E-state index contributed by atoms with van der Waals surface area (Å²) in [6.07, 6.45) is 47.1. The second kappa shape index (κ2) is 28.9. The van der Waals surface area contributed by atoms with Crippen molar-refractivity contribution in [2.75, 3.05) is 13.1 Å². The van der Waals surface area contributed by atoms with Crippen molar-refractivity contribution in [3.8, 4) is 0 Å². The highest BCUT2D eigenvalue weighted by atomic mass is 15.4. The van der Waals surface area contributed by atoms with Gasteiger partial charge in [-0.2, -0.15) is 0 Å². The number of hydrogen-bond donors (Lipinski definition) is 0. The third-order valence-corrected chi connectivity index (χ3v) is 9.03. The molecule has 0 aliphatic carbocycles. The standard InChI is InChI=1S/C37H74N2/c1-4-7-9-11-13-15-17-19-21-23-25-27-29-31-34-39-36-35-38(33-6-3)37(39)32-30-28-26-24-22-20-18-16-14-12-10-8-5-2/h35-37H,4-34H2,1-3H3. The molecule has 2 nitrogen and oxygen atoms in total. The van der Waals surface area contributed by atoms with Crippen LogP contribution >= 0.6 is 0 Å². The van der Waals surface area contributed by atoms with Gasteiger partial charge in [0.2, 0.25) is 0 Å². The Morgan fingerprint density at radius 3 is 1.00 bits per heavy atom. The molecule has 0 saturated heterocycles. The van der Waals surface area contributed by atoms with Gasteiger partial charge in [0.1, 0.15) is 6.17 Å². The molecule has 0 aromatic heterocycles. The van der Waals surface area contributed by atoms with E-state index in [1.54, 1.807) is 0 Å². The monoisotopic (exact) mass is 547 g/mol. The molecular weight excluding hydrogens is 472 g/mol. The van der Waals surface area contributed by atoms with Crippen LogP contribution in [-0.2, 0) is 0 Å². The van der Waals surface area contributed by atoms with Crippen LogP contribution in [0.4, 0.5) is 0 Å². The van der Waals surface area contributed by atoms with Crippen LogP contribution in [-0.4, -0.2) is 29.1 Å². The summed E-state index contributed by atoms with van der Waals surface area (Å²) >= 11 is 0. The maximum absolute atomic E-state index is 2.68. The average molecular weight is 547 g/mol. The molecule has 1 atom stereocenters. The number of nitrogens with zero attached hydrogens (tertiary/aromatic N) is 2. The van der Waals surface area contributed by atoms with E-state index in [0.29, 0.717) is 6.17 Å². The fraction of sp³-hybridized carbons (Fsp3) is 0.946. The molecule has 0 aromatic rings. The topological polar surface area (TPSA) is 6.48 Å².